The van der Waals surface area contributed by atoms with Crippen molar-refractivity contribution in [2.24, 2.45) is 16.9 Å². The van der Waals surface area contributed by atoms with E-state index in [0.717, 1.165) is 6.07 Å². The van der Waals surface area contributed by atoms with Gasteiger partial charge < -0.3 is 9.84 Å². The normalized spacial score (nSPS) is 24.4. The van der Waals surface area contributed by atoms with E-state index in [2.05, 4.69) is 10.5 Å². The lowest BCUT2D eigenvalue weighted by Crippen LogP contribution is -2.29. The number of fused-ring (bicyclic) bond motifs is 1. The maximum atomic E-state index is 13.2. The van der Waals surface area contributed by atoms with Crippen LogP contribution >= 0.6 is 0 Å². The van der Waals surface area contributed by atoms with Gasteiger partial charge in [0.1, 0.15) is 12.4 Å². The number of hydrogen-bond donors (Lipinski definition) is 2. The Balaban J connectivity index is 1.93. The number of alkyl halides is 3. The monoisotopic (exact) mass is 328 g/mol. The summed E-state index contributed by atoms with van der Waals surface area (Å²) in [5.74, 6) is -0.835. The van der Waals surface area contributed by atoms with Crippen LogP contribution in [0.1, 0.15) is 24.5 Å². The van der Waals surface area contributed by atoms with Gasteiger partial charge >= 0.3 is 6.18 Å². The minimum Gasteiger partial charge on any atom is -0.490 e. The molecule has 0 saturated heterocycles. The van der Waals surface area contributed by atoms with Gasteiger partial charge in [-0.05, 0) is 37.1 Å². The van der Waals surface area contributed by atoms with Crippen molar-refractivity contribution in [2.75, 3.05) is 6.61 Å². The Kier molecular flexibility index (Phi) is 3.79. The van der Waals surface area contributed by atoms with E-state index in [0.29, 0.717) is 17.7 Å². The standard InChI is InChI=1S/C15H15F3N2O3/c1-7(21)6-23-12-3-2-8(4-11(12)15(16,17)18)13-9-5-10(9)14(22)20-19-13/h2-4,7,9-10,21H,5-6H2,1H3,(H,20,22)/t7-,9+,10-/m0/s1. The molecule has 8 heteroatoms. The Bertz CT molecular complexity index is 670. The van der Waals surface area contributed by atoms with Gasteiger partial charge in [0.05, 0.1) is 17.4 Å². The van der Waals surface area contributed by atoms with Crippen LogP contribution in [0.3, 0.4) is 0 Å². The average Bonchev–Trinajstić information content (AvgIpc) is 3.26. The molecule has 0 radical (unpaired) electrons. The quantitative estimate of drug-likeness (QED) is 0.887. The number of aliphatic hydroxyl groups is 1. The van der Waals surface area contributed by atoms with Crippen LogP contribution in [0.5, 0.6) is 5.75 Å². The lowest BCUT2D eigenvalue weighted by molar-refractivity contribution is -0.139. The van der Waals surface area contributed by atoms with Crippen LogP contribution in [0.15, 0.2) is 23.3 Å². The highest BCUT2D eigenvalue weighted by atomic mass is 19.4. The second kappa shape index (κ2) is 5.52. The van der Waals surface area contributed by atoms with E-state index in [1.54, 1.807) is 0 Å². The lowest BCUT2D eigenvalue weighted by atomic mass is 10.0. The van der Waals surface area contributed by atoms with E-state index in [4.69, 9.17) is 9.84 Å². The second-order valence-corrected chi connectivity index (χ2v) is 5.79. The van der Waals surface area contributed by atoms with Gasteiger partial charge in [0.15, 0.2) is 0 Å². The summed E-state index contributed by atoms with van der Waals surface area (Å²) in [6.07, 6.45) is -4.86. The molecule has 23 heavy (non-hydrogen) atoms. The molecule has 1 aliphatic heterocycles. The Labute approximate surface area is 130 Å². The first-order chi connectivity index (χ1) is 10.8. The third-order valence-electron chi connectivity index (χ3n) is 3.83. The minimum absolute atomic E-state index is 0.117. The summed E-state index contributed by atoms with van der Waals surface area (Å²) >= 11 is 0. The van der Waals surface area contributed by atoms with Crippen LogP contribution in [0.4, 0.5) is 13.2 Å². The van der Waals surface area contributed by atoms with Crippen LogP contribution in [0, 0.1) is 11.8 Å². The van der Waals surface area contributed by atoms with Gasteiger partial charge in [-0.1, -0.05) is 0 Å². The number of hydrogen-bond acceptors (Lipinski definition) is 4. The molecule has 1 heterocycles. The van der Waals surface area contributed by atoms with Gasteiger partial charge in [-0.25, -0.2) is 5.43 Å². The number of benzene rings is 1. The van der Waals surface area contributed by atoms with E-state index in [9.17, 15) is 18.0 Å². The van der Waals surface area contributed by atoms with Crippen molar-refractivity contribution in [3.8, 4) is 5.75 Å². The number of amides is 1. The number of carbonyl (C=O) groups excluding carboxylic acids is 1. The zero-order chi connectivity index (χ0) is 16.8. The van der Waals surface area contributed by atoms with Crippen LogP contribution < -0.4 is 10.2 Å². The molecule has 0 spiro atoms. The third-order valence-corrected chi connectivity index (χ3v) is 3.83. The summed E-state index contributed by atoms with van der Waals surface area (Å²) < 4.78 is 44.8. The smallest absolute Gasteiger partial charge is 0.419 e. The van der Waals surface area contributed by atoms with Gasteiger partial charge in [0.25, 0.3) is 0 Å². The van der Waals surface area contributed by atoms with Crippen LogP contribution in [-0.4, -0.2) is 29.4 Å². The Morgan fingerprint density at radius 2 is 2.17 bits per heavy atom. The van der Waals surface area contributed by atoms with E-state index >= 15 is 0 Å². The molecule has 1 aromatic carbocycles. The molecule has 1 saturated carbocycles. The molecule has 5 nitrogen and oxygen atoms in total. The highest BCUT2D eigenvalue weighted by Gasteiger charge is 2.49. The zero-order valence-electron chi connectivity index (χ0n) is 12.2. The number of halogens is 3. The van der Waals surface area contributed by atoms with Gasteiger partial charge in [-0.2, -0.15) is 18.3 Å². The number of nitrogens with zero attached hydrogens (tertiary/aromatic N) is 1. The maximum Gasteiger partial charge on any atom is 0.419 e. The minimum atomic E-state index is -4.59. The number of carbonyl (C=O) groups is 1. The van der Waals surface area contributed by atoms with E-state index < -0.39 is 17.8 Å². The SMILES string of the molecule is C[C@H](O)COc1ccc(C2=NNC(=O)[C@H]3C[C@@H]23)cc1C(F)(F)F. The summed E-state index contributed by atoms with van der Waals surface area (Å²) in [4.78, 5) is 11.4. The van der Waals surface area contributed by atoms with Crippen LogP contribution in [0.2, 0.25) is 0 Å². The fourth-order valence-electron chi connectivity index (χ4n) is 2.59. The Morgan fingerprint density at radius 3 is 2.83 bits per heavy atom. The molecule has 2 N–H and O–H groups in total. The van der Waals surface area contributed by atoms with Crippen molar-refractivity contribution in [1.82, 2.24) is 5.43 Å². The molecule has 0 bridgehead atoms. The molecule has 2 aliphatic rings. The molecule has 1 aromatic rings. The summed E-state index contributed by atoms with van der Waals surface area (Å²) in [5, 5.41) is 13.1. The average molecular weight is 328 g/mol. The van der Waals surface area contributed by atoms with Gasteiger partial charge in [0.2, 0.25) is 5.91 Å². The Hall–Kier alpha value is -2.09. The summed E-state index contributed by atoms with van der Waals surface area (Å²) in [6, 6.07) is 3.68. The number of ether oxygens (including phenoxy) is 1. The van der Waals surface area contributed by atoms with Crippen molar-refractivity contribution in [1.29, 1.82) is 0 Å². The van der Waals surface area contributed by atoms with Gasteiger partial charge in [-0.15, -0.1) is 0 Å². The van der Waals surface area contributed by atoms with Crippen molar-refractivity contribution in [3.63, 3.8) is 0 Å². The molecule has 0 aromatic heterocycles. The van der Waals surface area contributed by atoms with Crippen molar-refractivity contribution in [2.45, 2.75) is 25.6 Å². The molecule has 1 aliphatic carbocycles. The molecule has 0 unspecified atom stereocenters. The van der Waals surface area contributed by atoms with E-state index in [-0.39, 0.29) is 30.1 Å². The topological polar surface area (TPSA) is 70.9 Å². The van der Waals surface area contributed by atoms with Crippen molar-refractivity contribution < 1.29 is 27.8 Å². The highest BCUT2D eigenvalue weighted by molar-refractivity contribution is 6.09. The first-order valence-corrected chi connectivity index (χ1v) is 7.17. The molecule has 124 valence electrons. The molecule has 1 amide bonds. The molecule has 3 atom stereocenters. The Morgan fingerprint density at radius 1 is 1.43 bits per heavy atom. The third kappa shape index (κ3) is 3.17. The number of hydrazone groups is 1. The molecular formula is C15H15F3N2O3. The summed E-state index contributed by atoms with van der Waals surface area (Å²) in [5.41, 5.74) is 2.19. The first-order valence-electron chi connectivity index (χ1n) is 7.17. The molecular weight excluding hydrogens is 313 g/mol. The summed E-state index contributed by atoms with van der Waals surface area (Å²) in [6.45, 7) is 1.19. The van der Waals surface area contributed by atoms with Crippen LogP contribution in [-0.2, 0) is 11.0 Å². The van der Waals surface area contributed by atoms with E-state index in [1.165, 1.54) is 19.1 Å². The maximum absolute atomic E-state index is 13.2. The van der Waals surface area contributed by atoms with E-state index in [1.807, 2.05) is 0 Å². The number of aliphatic hydroxyl groups excluding tert-OH is 1. The largest absolute Gasteiger partial charge is 0.490 e. The lowest BCUT2D eigenvalue weighted by Gasteiger charge is -2.18. The second-order valence-electron chi connectivity index (χ2n) is 5.79. The highest BCUT2D eigenvalue weighted by Crippen LogP contribution is 2.44. The number of nitrogens with one attached hydrogen (secondary N) is 1. The van der Waals surface area contributed by atoms with Gasteiger partial charge in [-0.3, -0.25) is 4.79 Å². The predicted octanol–water partition coefficient (Wildman–Crippen LogP) is 1.93. The predicted molar refractivity (Wildman–Crippen MR) is 74.9 cm³/mol. The first kappa shape index (κ1) is 15.8. The van der Waals surface area contributed by atoms with Crippen molar-refractivity contribution >= 4 is 11.6 Å². The fraction of sp³-hybridized carbons (Fsp3) is 0.467. The molecule has 1 fully saturated rings. The molecule has 3 rings (SSSR count). The van der Waals surface area contributed by atoms with Crippen molar-refractivity contribution in [3.05, 3.63) is 29.3 Å². The van der Waals surface area contributed by atoms with Crippen LogP contribution in [0.25, 0.3) is 0 Å². The van der Waals surface area contributed by atoms with Gasteiger partial charge in [0, 0.05) is 11.8 Å². The number of rotatable bonds is 4. The summed E-state index contributed by atoms with van der Waals surface area (Å²) in [7, 11) is 0. The zero-order valence-corrected chi connectivity index (χ0v) is 12.2. The fourth-order valence-corrected chi connectivity index (χ4v) is 2.59.